The van der Waals surface area contributed by atoms with E-state index in [0.29, 0.717) is 0 Å². The van der Waals surface area contributed by atoms with Crippen molar-refractivity contribution in [3.05, 3.63) is 58.4 Å². The Morgan fingerprint density at radius 2 is 2.08 bits per heavy atom. The molecule has 1 aromatic heterocycles. The van der Waals surface area contributed by atoms with Crippen molar-refractivity contribution in [1.82, 2.24) is 14.9 Å². The maximum atomic E-state index is 12.1. The number of ether oxygens (including phenoxy) is 1. The van der Waals surface area contributed by atoms with Crippen LogP contribution in [0.1, 0.15) is 5.56 Å². The Morgan fingerprint density at radius 3 is 2.71 bits per heavy atom. The minimum absolute atomic E-state index is 0.255. The van der Waals surface area contributed by atoms with E-state index >= 15 is 0 Å². The van der Waals surface area contributed by atoms with Gasteiger partial charge in [0.25, 0.3) is 5.91 Å². The van der Waals surface area contributed by atoms with E-state index in [4.69, 9.17) is 4.74 Å². The summed E-state index contributed by atoms with van der Waals surface area (Å²) in [7, 11) is 1.23. The molecule has 0 spiro atoms. The maximum Gasteiger partial charge on any atom is 0.435 e. The lowest BCUT2D eigenvalue weighted by molar-refractivity contribution is -0.396. The van der Waals surface area contributed by atoms with Crippen LogP contribution in [-0.4, -0.2) is 39.5 Å². The third kappa shape index (κ3) is 4.38. The minimum atomic E-state index is -0.882. The molecule has 1 N–H and O–H groups in total. The Hall–Kier alpha value is -3.23. The van der Waals surface area contributed by atoms with Crippen LogP contribution in [0.5, 0.6) is 0 Å². The van der Waals surface area contributed by atoms with Crippen LogP contribution in [0.3, 0.4) is 0 Å². The molecule has 0 fully saturated rings. The molecule has 24 heavy (non-hydrogen) atoms. The van der Waals surface area contributed by atoms with Crippen molar-refractivity contribution in [2.75, 3.05) is 7.11 Å². The lowest BCUT2D eigenvalue weighted by Crippen LogP contribution is -2.44. The summed E-state index contributed by atoms with van der Waals surface area (Å²) in [6.07, 6.45) is 2.81. The highest BCUT2D eigenvalue weighted by Crippen LogP contribution is 2.08. The second-order valence-electron chi connectivity index (χ2n) is 4.95. The highest BCUT2D eigenvalue weighted by atomic mass is 16.6. The molecule has 9 heteroatoms. The van der Waals surface area contributed by atoms with E-state index < -0.39 is 28.8 Å². The van der Waals surface area contributed by atoms with Crippen LogP contribution < -0.4 is 5.32 Å². The standard InChI is InChI=1S/C15H16N4O5/c1-24-14(21)12(9-11-5-3-2-4-6-11)17-13(20)10-18-8-7-16-15(18)19(22)23/h2-8,12H,9-10H2,1H3,(H,17,20)/t12-/m0/s1. The third-order valence-corrected chi connectivity index (χ3v) is 3.27. The molecule has 2 aromatic rings. The van der Waals surface area contributed by atoms with Gasteiger partial charge in [0.1, 0.15) is 18.4 Å². The van der Waals surface area contributed by atoms with E-state index in [0.717, 1.165) is 10.1 Å². The minimum Gasteiger partial charge on any atom is -0.467 e. The van der Waals surface area contributed by atoms with Gasteiger partial charge in [-0.3, -0.25) is 4.79 Å². The Morgan fingerprint density at radius 1 is 1.38 bits per heavy atom. The van der Waals surface area contributed by atoms with Crippen LogP contribution >= 0.6 is 0 Å². The fourth-order valence-corrected chi connectivity index (χ4v) is 2.18. The molecule has 0 radical (unpaired) electrons. The van der Waals surface area contributed by atoms with E-state index in [1.54, 1.807) is 0 Å². The van der Waals surface area contributed by atoms with Crippen LogP contribution in [0.25, 0.3) is 0 Å². The summed E-state index contributed by atoms with van der Waals surface area (Å²) < 4.78 is 5.79. The lowest BCUT2D eigenvalue weighted by atomic mass is 10.1. The molecule has 0 bridgehead atoms. The van der Waals surface area contributed by atoms with Crippen molar-refractivity contribution in [3.63, 3.8) is 0 Å². The van der Waals surface area contributed by atoms with Crippen molar-refractivity contribution < 1.29 is 19.2 Å². The summed E-state index contributed by atoms with van der Waals surface area (Å²) in [6, 6.07) is 8.24. The zero-order chi connectivity index (χ0) is 17.5. The molecule has 126 valence electrons. The summed E-state index contributed by atoms with van der Waals surface area (Å²) >= 11 is 0. The Balaban J connectivity index is 2.05. The Bertz CT molecular complexity index is 728. The zero-order valence-electron chi connectivity index (χ0n) is 12.9. The van der Waals surface area contributed by atoms with Gasteiger partial charge in [0.15, 0.2) is 6.54 Å². The largest absolute Gasteiger partial charge is 0.467 e. The summed E-state index contributed by atoms with van der Waals surface area (Å²) in [4.78, 5) is 37.7. The average Bonchev–Trinajstić information content (AvgIpc) is 3.02. The van der Waals surface area contributed by atoms with Gasteiger partial charge in [0.2, 0.25) is 0 Å². The molecule has 1 heterocycles. The molecule has 1 amide bonds. The number of nitrogens with one attached hydrogen (secondary N) is 1. The molecule has 1 atom stereocenters. The SMILES string of the molecule is COC(=O)[C@H](Cc1ccccc1)NC(=O)Cn1ccnc1[N+](=O)[O-]. The van der Waals surface area contributed by atoms with Gasteiger partial charge in [-0.25, -0.2) is 9.36 Å². The van der Waals surface area contributed by atoms with E-state index in [1.165, 1.54) is 19.5 Å². The second-order valence-corrected chi connectivity index (χ2v) is 4.95. The van der Waals surface area contributed by atoms with Gasteiger partial charge in [0.05, 0.1) is 7.11 Å². The number of carbonyl (C=O) groups excluding carboxylic acids is 2. The molecular weight excluding hydrogens is 316 g/mol. The predicted octanol–water partition coefficient (Wildman–Crippen LogP) is 0.692. The molecule has 0 unspecified atom stereocenters. The zero-order valence-corrected chi connectivity index (χ0v) is 12.9. The topological polar surface area (TPSA) is 116 Å². The maximum absolute atomic E-state index is 12.1. The summed E-state index contributed by atoms with van der Waals surface area (Å²) in [6.45, 7) is -0.321. The van der Waals surface area contributed by atoms with Crippen molar-refractivity contribution in [3.8, 4) is 0 Å². The van der Waals surface area contributed by atoms with Crippen LogP contribution in [0.15, 0.2) is 42.7 Å². The molecule has 0 saturated heterocycles. The number of rotatable bonds is 7. The van der Waals surface area contributed by atoms with Gasteiger partial charge in [-0.1, -0.05) is 35.3 Å². The summed E-state index contributed by atoms with van der Waals surface area (Å²) in [5, 5.41) is 13.3. The number of nitro groups is 1. The van der Waals surface area contributed by atoms with E-state index in [2.05, 4.69) is 10.3 Å². The molecule has 0 saturated carbocycles. The summed E-state index contributed by atoms with van der Waals surface area (Å²) in [5.74, 6) is -1.59. The van der Waals surface area contributed by atoms with Crippen LogP contribution in [0.2, 0.25) is 0 Å². The number of hydrogen-bond donors (Lipinski definition) is 1. The van der Waals surface area contributed by atoms with Crippen molar-refractivity contribution in [2.45, 2.75) is 19.0 Å². The van der Waals surface area contributed by atoms with E-state index in [9.17, 15) is 19.7 Å². The van der Waals surface area contributed by atoms with E-state index in [1.807, 2.05) is 30.3 Å². The average molecular weight is 332 g/mol. The smallest absolute Gasteiger partial charge is 0.435 e. The fourth-order valence-electron chi connectivity index (χ4n) is 2.18. The lowest BCUT2D eigenvalue weighted by Gasteiger charge is -2.16. The number of imidazole rings is 1. The number of esters is 1. The number of carbonyl (C=O) groups is 2. The number of amides is 1. The van der Waals surface area contributed by atoms with Crippen molar-refractivity contribution in [1.29, 1.82) is 0 Å². The van der Waals surface area contributed by atoms with Crippen LogP contribution in [0.4, 0.5) is 5.95 Å². The molecule has 1 aromatic carbocycles. The molecule has 0 aliphatic rings. The molecule has 0 aliphatic heterocycles. The van der Waals surface area contributed by atoms with Gasteiger partial charge in [0, 0.05) is 6.42 Å². The highest BCUT2D eigenvalue weighted by Gasteiger charge is 2.24. The molecular formula is C15H16N4O5. The molecule has 9 nitrogen and oxygen atoms in total. The van der Waals surface area contributed by atoms with E-state index in [-0.39, 0.29) is 13.0 Å². The predicted molar refractivity (Wildman–Crippen MR) is 83.0 cm³/mol. The number of methoxy groups -OCH3 is 1. The first-order chi connectivity index (χ1) is 11.5. The first-order valence-corrected chi connectivity index (χ1v) is 7.08. The van der Waals surface area contributed by atoms with Gasteiger partial charge in [-0.15, -0.1) is 0 Å². The van der Waals surface area contributed by atoms with Crippen molar-refractivity contribution in [2.24, 2.45) is 0 Å². The first-order valence-electron chi connectivity index (χ1n) is 7.08. The van der Waals surface area contributed by atoms with Gasteiger partial charge >= 0.3 is 11.9 Å². The first kappa shape index (κ1) is 17.1. The van der Waals surface area contributed by atoms with Crippen LogP contribution in [-0.2, 0) is 27.3 Å². The molecule has 0 aliphatic carbocycles. The number of nitrogens with zero attached hydrogens (tertiary/aromatic N) is 3. The normalized spacial score (nSPS) is 11.5. The summed E-state index contributed by atoms with van der Waals surface area (Å²) in [5.41, 5.74) is 0.849. The second kappa shape index (κ2) is 7.86. The highest BCUT2D eigenvalue weighted by molar-refractivity contribution is 5.84. The molecule has 2 rings (SSSR count). The van der Waals surface area contributed by atoms with Gasteiger partial charge in [-0.05, 0) is 10.5 Å². The monoisotopic (exact) mass is 332 g/mol. The number of benzene rings is 1. The third-order valence-electron chi connectivity index (χ3n) is 3.27. The number of aromatic nitrogens is 2. The Labute approximate surface area is 137 Å². The number of hydrogen-bond acceptors (Lipinski definition) is 6. The Kier molecular flexibility index (Phi) is 5.61. The van der Waals surface area contributed by atoms with Crippen molar-refractivity contribution >= 4 is 17.8 Å². The van der Waals surface area contributed by atoms with Gasteiger partial charge < -0.3 is 20.2 Å². The van der Waals surface area contributed by atoms with Crippen LogP contribution in [0, 0.1) is 10.1 Å². The fraction of sp³-hybridized carbons (Fsp3) is 0.267. The quantitative estimate of drug-likeness (QED) is 0.453. The van der Waals surface area contributed by atoms with Gasteiger partial charge in [-0.2, -0.15) is 0 Å².